The molecule has 2 nitrogen and oxygen atoms in total. The van der Waals surface area contributed by atoms with Crippen molar-refractivity contribution in [1.29, 1.82) is 0 Å². The maximum atomic E-state index is 5.62. The summed E-state index contributed by atoms with van der Waals surface area (Å²) in [6.45, 7) is 8.95. The van der Waals surface area contributed by atoms with Crippen molar-refractivity contribution in [1.82, 2.24) is 5.32 Å². The summed E-state index contributed by atoms with van der Waals surface area (Å²) in [7, 11) is 1.76. The van der Waals surface area contributed by atoms with E-state index in [1.54, 1.807) is 7.11 Å². The highest BCUT2D eigenvalue weighted by molar-refractivity contribution is 9.10. The number of piperidine rings is 1. The summed E-state index contributed by atoms with van der Waals surface area (Å²) in [6.07, 6.45) is 2.48. The van der Waals surface area contributed by atoms with Crippen LogP contribution in [-0.2, 0) is 5.41 Å². The average Bonchev–Trinajstić information content (AvgIpc) is 2.37. The molecule has 1 aromatic rings. The lowest BCUT2D eigenvalue weighted by molar-refractivity contribution is 0.389. The number of ether oxygens (including phenoxy) is 1. The van der Waals surface area contributed by atoms with Crippen LogP contribution in [0.2, 0.25) is 0 Å². The Morgan fingerprint density at radius 2 is 2.05 bits per heavy atom. The van der Waals surface area contributed by atoms with E-state index < -0.39 is 0 Å². The monoisotopic (exact) mass is 325 g/mol. The van der Waals surface area contributed by atoms with Crippen molar-refractivity contribution in [2.24, 2.45) is 0 Å². The van der Waals surface area contributed by atoms with Crippen LogP contribution in [0.15, 0.2) is 16.6 Å². The molecule has 0 radical (unpaired) electrons. The second kappa shape index (κ2) is 5.84. The lowest BCUT2D eigenvalue weighted by atomic mass is 9.82. The van der Waals surface area contributed by atoms with Crippen LogP contribution < -0.4 is 10.1 Å². The van der Waals surface area contributed by atoms with Gasteiger partial charge in [-0.2, -0.15) is 0 Å². The molecule has 0 amide bonds. The van der Waals surface area contributed by atoms with Gasteiger partial charge in [-0.25, -0.2) is 0 Å². The zero-order chi connectivity index (χ0) is 14.0. The Balaban J connectivity index is 2.46. The van der Waals surface area contributed by atoms with Crippen LogP contribution in [-0.4, -0.2) is 20.2 Å². The largest absolute Gasteiger partial charge is 0.495 e. The minimum Gasteiger partial charge on any atom is -0.495 e. The molecule has 0 bridgehead atoms. The van der Waals surface area contributed by atoms with E-state index in [1.807, 2.05) is 0 Å². The minimum atomic E-state index is 0.158. The standard InChI is InChI=1S/C16H24BrNO/c1-16(2,3)12-8-13(11-6-5-7-18-10-11)15(19-4)14(17)9-12/h8-9,11,18H,5-7,10H2,1-4H3. The number of methoxy groups -OCH3 is 1. The summed E-state index contributed by atoms with van der Waals surface area (Å²) >= 11 is 3.67. The van der Waals surface area contributed by atoms with Crippen molar-refractivity contribution in [2.75, 3.05) is 20.2 Å². The van der Waals surface area contributed by atoms with Crippen molar-refractivity contribution >= 4 is 15.9 Å². The van der Waals surface area contributed by atoms with Crippen molar-refractivity contribution in [2.45, 2.75) is 44.9 Å². The van der Waals surface area contributed by atoms with E-state index in [4.69, 9.17) is 4.74 Å². The second-order valence-corrected chi connectivity index (χ2v) is 7.23. The minimum absolute atomic E-state index is 0.158. The van der Waals surface area contributed by atoms with Crippen LogP contribution in [0.5, 0.6) is 5.75 Å². The van der Waals surface area contributed by atoms with E-state index in [1.165, 1.54) is 24.0 Å². The highest BCUT2D eigenvalue weighted by Crippen LogP contribution is 2.40. The third kappa shape index (κ3) is 3.32. The van der Waals surface area contributed by atoms with E-state index in [0.29, 0.717) is 5.92 Å². The molecule has 2 rings (SSSR count). The zero-order valence-corrected chi connectivity index (χ0v) is 13.9. The van der Waals surface area contributed by atoms with Crippen molar-refractivity contribution in [3.8, 4) is 5.75 Å². The number of nitrogens with one attached hydrogen (secondary N) is 1. The molecule has 1 fully saturated rings. The number of hydrogen-bond donors (Lipinski definition) is 1. The number of hydrogen-bond acceptors (Lipinski definition) is 2. The normalized spacial score (nSPS) is 20.4. The Labute approximate surface area is 125 Å². The Morgan fingerprint density at radius 3 is 2.58 bits per heavy atom. The Hall–Kier alpha value is -0.540. The third-order valence-electron chi connectivity index (χ3n) is 3.88. The van der Waals surface area contributed by atoms with Crippen LogP contribution in [0.25, 0.3) is 0 Å². The molecule has 0 spiro atoms. The fourth-order valence-electron chi connectivity index (χ4n) is 2.68. The van der Waals surface area contributed by atoms with Gasteiger partial charge in [0.15, 0.2) is 0 Å². The van der Waals surface area contributed by atoms with Gasteiger partial charge in [-0.1, -0.05) is 26.8 Å². The fraction of sp³-hybridized carbons (Fsp3) is 0.625. The van der Waals surface area contributed by atoms with Crippen molar-refractivity contribution < 1.29 is 4.74 Å². The number of rotatable bonds is 2. The van der Waals surface area contributed by atoms with Crippen LogP contribution in [0, 0.1) is 0 Å². The highest BCUT2D eigenvalue weighted by atomic mass is 79.9. The molecule has 1 atom stereocenters. The maximum absolute atomic E-state index is 5.62. The SMILES string of the molecule is COc1c(Br)cc(C(C)(C)C)cc1C1CCCNC1. The molecule has 1 saturated heterocycles. The molecule has 106 valence electrons. The zero-order valence-electron chi connectivity index (χ0n) is 12.3. The predicted octanol–water partition coefficient (Wildman–Crippen LogP) is 4.22. The van der Waals surface area contributed by atoms with Crippen LogP contribution in [0.3, 0.4) is 0 Å². The van der Waals surface area contributed by atoms with Crippen LogP contribution >= 0.6 is 15.9 Å². The molecule has 0 aliphatic carbocycles. The molecular weight excluding hydrogens is 302 g/mol. The summed E-state index contributed by atoms with van der Waals surface area (Å²) < 4.78 is 6.69. The van der Waals surface area contributed by atoms with Gasteiger partial charge in [-0.05, 0) is 57.9 Å². The van der Waals surface area contributed by atoms with Crippen LogP contribution in [0.1, 0.15) is 50.7 Å². The number of halogens is 1. The van der Waals surface area contributed by atoms with Gasteiger partial charge < -0.3 is 10.1 Å². The highest BCUT2D eigenvalue weighted by Gasteiger charge is 2.24. The molecule has 1 aromatic carbocycles. The Bertz CT molecular complexity index is 445. The summed E-state index contributed by atoms with van der Waals surface area (Å²) in [6, 6.07) is 4.53. The lowest BCUT2D eigenvalue weighted by Gasteiger charge is -2.28. The Kier molecular flexibility index (Phi) is 4.57. The molecule has 1 unspecified atom stereocenters. The Morgan fingerprint density at radius 1 is 1.32 bits per heavy atom. The molecule has 1 N–H and O–H groups in total. The summed E-state index contributed by atoms with van der Waals surface area (Å²) in [5.41, 5.74) is 2.86. The number of benzene rings is 1. The summed E-state index contributed by atoms with van der Waals surface area (Å²) in [4.78, 5) is 0. The van der Waals surface area contributed by atoms with E-state index >= 15 is 0 Å². The van der Waals surface area contributed by atoms with E-state index in [2.05, 4.69) is 54.2 Å². The van der Waals surface area contributed by atoms with E-state index in [-0.39, 0.29) is 5.41 Å². The van der Waals surface area contributed by atoms with E-state index in [0.717, 1.165) is 23.3 Å². The first-order valence-electron chi connectivity index (χ1n) is 7.02. The van der Waals surface area contributed by atoms with Gasteiger partial charge in [-0.3, -0.25) is 0 Å². The third-order valence-corrected chi connectivity index (χ3v) is 4.47. The molecule has 1 aliphatic rings. The molecule has 0 saturated carbocycles. The topological polar surface area (TPSA) is 21.3 Å². The van der Waals surface area contributed by atoms with Crippen molar-refractivity contribution in [3.05, 3.63) is 27.7 Å². The molecule has 1 heterocycles. The predicted molar refractivity (Wildman–Crippen MR) is 84.2 cm³/mol. The first kappa shape index (κ1) is 14.9. The summed E-state index contributed by atoms with van der Waals surface area (Å²) in [5.74, 6) is 1.56. The molecular formula is C16H24BrNO. The quantitative estimate of drug-likeness (QED) is 0.878. The molecule has 3 heteroatoms. The molecule has 19 heavy (non-hydrogen) atoms. The first-order chi connectivity index (χ1) is 8.93. The maximum Gasteiger partial charge on any atom is 0.136 e. The second-order valence-electron chi connectivity index (χ2n) is 6.37. The van der Waals surface area contributed by atoms with Gasteiger partial charge in [0.05, 0.1) is 11.6 Å². The van der Waals surface area contributed by atoms with Gasteiger partial charge in [0.25, 0.3) is 0 Å². The smallest absolute Gasteiger partial charge is 0.136 e. The van der Waals surface area contributed by atoms with Gasteiger partial charge in [0, 0.05) is 12.5 Å². The first-order valence-corrected chi connectivity index (χ1v) is 7.81. The lowest BCUT2D eigenvalue weighted by Crippen LogP contribution is -2.29. The van der Waals surface area contributed by atoms with Gasteiger partial charge in [-0.15, -0.1) is 0 Å². The van der Waals surface area contributed by atoms with E-state index in [9.17, 15) is 0 Å². The van der Waals surface area contributed by atoms with Crippen molar-refractivity contribution in [3.63, 3.8) is 0 Å². The summed E-state index contributed by atoms with van der Waals surface area (Å²) in [5, 5.41) is 3.49. The van der Waals surface area contributed by atoms with Crippen LogP contribution in [0.4, 0.5) is 0 Å². The fourth-order valence-corrected chi connectivity index (χ4v) is 3.32. The molecule has 0 aromatic heterocycles. The molecule has 1 aliphatic heterocycles. The van der Waals surface area contributed by atoms with Gasteiger partial charge in [0.2, 0.25) is 0 Å². The van der Waals surface area contributed by atoms with Gasteiger partial charge >= 0.3 is 0 Å². The van der Waals surface area contributed by atoms with Gasteiger partial charge in [0.1, 0.15) is 5.75 Å². The average molecular weight is 326 g/mol.